The highest BCUT2D eigenvalue weighted by Crippen LogP contribution is 2.16. The third kappa shape index (κ3) is 1.34. The van der Waals surface area contributed by atoms with Gasteiger partial charge in [0.2, 0.25) is 0 Å². The molecule has 1 heterocycles. The van der Waals surface area contributed by atoms with Crippen LogP contribution in [0, 0.1) is 0 Å². The SMILES string of the molecule is CC1C=C(c2ccccc2)NO1. The fourth-order valence-corrected chi connectivity index (χ4v) is 1.23. The second-order valence-electron chi connectivity index (χ2n) is 2.87. The maximum absolute atomic E-state index is 5.18. The van der Waals surface area contributed by atoms with Crippen molar-refractivity contribution in [3.63, 3.8) is 0 Å². The van der Waals surface area contributed by atoms with Gasteiger partial charge in [0, 0.05) is 0 Å². The first kappa shape index (κ1) is 7.37. The van der Waals surface area contributed by atoms with Crippen LogP contribution in [0.2, 0.25) is 0 Å². The minimum atomic E-state index is 0.167. The molecule has 2 heteroatoms. The van der Waals surface area contributed by atoms with Crippen molar-refractivity contribution in [2.24, 2.45) is 0 Å². The molecule has 1 aliphatic rings. The summed E-state index contributed by atoms with van der Waals surface area (Å²) in [7, 11) is 0. The van der Waals surface area contributed by atoms with Crippen molar-refractivity contribution >= 4 is 5.70 Å². The van der Waals surface area contributed by atoms with Crippen LogP contribution in [0.1, 0.15) is 12.5 Å². The molecule has 62 valence electrons. The molecule has 0 radical (unpaired) electrons. The van der Waals surface area contributed by atoms with Gasteiger partial charge >= 0.3 is 0 Å². The van der Waals surface area contributed by atoms with Crippen LogP contribution in [0.3, 0.4) is 0 Å². The average molecular weight is 161 g/mol. The summed E-state index contributed by atoms with van der Waals surface area (Å²) in [5, 5.41) is 0. The van der Waals surface area contributed by atoms with Crippen LogP contribution in [0.5, 0.6) is 0 Å². The second-order valence-corrected chi connectivity index (χ2v) is 2.87. The maximum atomic E-state index is 5.18. The lowest BCUT2D eigenvalue weighted by atomic mass is 10.1. The number of benzene rings is 1. The molecule has 0 saturated carbocycles. The van der Waals surface area contributed by atoms with Gasteiger partial charge < -0.3 is 0 Å². The van der Waals surface area contributed by atoms with Crippen molar-refractivity contribution in [1.29, 1.82) is 0 Å². The van der Waals surface area contributed by atoms with Crippen molar-refractivity contribution in [3.05, 3.63) is 42.0 Å². The molecular weight excluding hydrogens is 150 g/mol. The Morgan fingerprint density at radius 2 is 2.00 bits per heavy atom. The summed E-state index contributed by atoms with van der Waals surface area (Å²) in [4.78, 5) is 5.18. The van der Waals surface area contributed by atoms with E-state index in [1.165, 1.54) is 5.56 Å². The van der Waals surface area contributed by atoms with E-state index in [-0.39, 0.29) is 6.10 Å². The molecule has 12 heavy (non-hydrogen) atoms. The summed E-state index contributed by atoms with van der Waals surface area (Å²) in [6, 6.07) is 10.1. The zero-order valence-electron chi connectivity index (χ0n) is 6.95. The molecule has 2 rings (SSSR count). The number of hydrogen-bond acceptors (Lipinski definition) is 2. The largest absolute Gasteiger partial charge is 0.269 e. The zero-order chi connectivity index (χ0) is 8.39. The lowest BCUT2D eigenvalue weighted by molar-refractivity contribution is 0.0625. The third-order valence-electron chi connectivity index (χ3n) is 1.84. The Kier molecular flexibility index (Phi) is 1.84. The van der Waals surface area contributed by atoms with E-state index in [0.29, 0.717) is 0 Å². The topological polar surface area (TPSA) is 21.3 Å². The molecule has 0 aromatic heterocycles. The Balaban J connectivity index is 2.27. The molecule has 1 N–H and O–H groups in total. The molecule has 1 aromatic carbocycles. The van der Waals surface area contributed by atoms with Gasteiger partial charge in [0.1, 0.15) is 6.10 Å². The van der Waals surface area contributed by atoms with Crippen LogP contribution in [0.15, 0.2) is 36.4 Å². The van der Waals surface area contributed by atoms with E-state index in [1.54, 1.807) is 0 Å². The fourth-order valence-electron chi connectivity index (χ4n) is 1.23. The van der Waals surface area contributed by atoms with Crippen molar-refractivity contribution in [2.45, 2.75) is 13.0 Å². The number of hydroxylamine groups is 1. The first-order chi connectivity index (χ1) is 5.86. The Labute approximate surface area is 71.8 Å². The van der Waals surface area contributed by atoms with Crippen LogP contribution in [-0.4, -0.2) is 6.10 Å². The quantitative estimate of drug-likeness (QED) is 0.679. The fraction of sp³-hybridized carbons (Fsp3) is 0.200. The third-order valence-corrected chi connectivity index (χ3v) is 1.84. The van der Waals surface area contributed by atoms with Crippen molar-refractivity contribution in [3.8, 4) is 0 Å². The monoisotopic (exact) mass is 161 g/mol. The molecule has 2 nitrogen and oxygen atoms in total. The molecule has 0 bridgehead atoms. The molecule has 0 saturated heterocycles. The molecule has 0 spiro atoms. The Morgan fingerprint density at radius 3 is 2.58 bits per heavy atom. The van der Waals surface area contributed by atoms with Crippen molar-refractivity contribution in [2.75, 3.05) is 0 Å². The summed E-state index contributed by atoms with van der Waals surface area (Å²) in [5.74, 6) is 0. The molecule has 0 amide bonds. The van der Waals surface area contributed by atoms with Crippen molar-refractivity contribution < 1.29 is 4.84 Å². The van der Waals surface area contributed by atoms with Crippen molar-refractivity contribution in [1.82, 2.24) is 5.48 Å². The molecule has 1 aliphatic heterocycles. The average Bonchev–Trinajstić information content (AvgIpc) is 2.54. The number of nitrogens with one attached hydrogen (secondary N) is 1. The summed E-state index contributed by atoms with van der Waals surface area (Å²) in [5.41, 5.74) is 5.11. The van der Waals surface area contributed by atoms with Gasteiger partial charge in [0.25, 0.3) is 0 Å². The normalized spacial score (nSPS) is 21.8. The van der Waals surface area contributed by atoms with Gasteiger partial charge in [0.05, 0.1) is 5.70 Å². The smallest absolute Gasteiger partial charge is 0.103 e. The van der Waals surface area contributed by atoms with Crippen LogP contribution < -0.4 is 5.48 Å². The Hall–Kier alpha value is -1.28. The van der Waals surface area contributed by atoms with Crippen LogP contribution in [0.25, 0.3) is 5.70 Å². The van der Waals surface area contributed by atoms with E-state index in [1.807, 2.05) is 25.1 Å². The summed E-state index contributed by atoms with van der Waals surface area (Å²) >= 11 is 0. The summed E-state index contributed by atoms with van der Waals surface area (Å²) in [6.07, 6.45) is 2.23. The lowest BCUT2D eigenvalue weighted by Crippen LogP contribution is -2.08. The van der Waals surface area contributed by atoms with E-state index in [9.17, 15) is 0 Å². The predicted octanol–water partition coefficient (Wildman–Crippen LogP) is 1.95. The van der Waals surface area contributed by atoms with E-state index >= 15 is 0 Å². The highest BCUT2D eigenvalue weighted by molar-refractivity contribution is 5.64. The molecule has 0 aliphatic carbocycles. The first-order valence-electron chi connectivity index (χ1n) is 4.05. The molecule has 1 unspecified atom stereocenters. The number of hydrogen-bond donors (Lipinski definition) is 1. The molecule has 1 atom stereocenters. The zero-order valence-corrected chi connectivity index (χ0v) is 6.95. The van der Waals surface area contributed by atoms with E-state index in [4.69, 9.17) is 4.84 Å². The summed E-state index contributed by atoms with van der Waals surface area (Å²) in [6.45, 7) is 2.00. The van der Waals surface area contributed by atoms with Gasteiger partial charge in [-0.25, -0.2) is 0 Å². The summed E-state index contributed by atoms with van der Waals surface area (Å²) < 4.78 is 0. The van der Waals surface area contributed by atoms with E-state index in [0.717, 1.165) is 5.70 Å². The molecule has 1 aromatic rings. The van der Waals surface area contributed by atoms with E-state index < -0.39 is 0 Å². The van der Waals surface area contributed by atoms with Gasteiger partial charge in [-0.3, -0.25) is 10.3 Å². The minimum absolute atomic E-state index is 0.167. The van der Waals surface area contributed by atoms with Gasteiger partial charge in [-0.15, -0.1) is 0 Å². The molecule has 0 fully saturated rings. The lowest BCUT2D eigenvalue weighted by Gasteiger charge is -2.02. The van der Waals surface area contributed by atoms with Crippen LogP contribution in [-0.2, 0) is 4.84 Å². The molecular formula is C10H11NO. The second kappa shape index (κ2) is 2.99. The van der Waals surface area contributed by atoms with Crippen LogP contribution in [0.4, 0.5) is 0 Å². The van der Waals surface area contributed by atoms with Gasteiger partial charge in [-0.1, -0.05) is 30.3 Å². The van der Waals surface area contributed by atoms with Gasteiger partial charge in [0.15, 0.2) is 0 Å². The Morgan fingerprint density at radius 1 is 1.25 bits per heavy atom. The minimum Gasteiger partial charge on any atom is -0.269 e. The number of rotatable bonds is 1. The van der Waals surface area contributed by atoms with Gasteiger partial charge in [-0.2, -0.15) is 0 Å². The van der Waals surface area contributed by atoms with Crippen LogP contribution >= 0.6 is 0 Å². The Bertz CT molecular complexity index is 292. The highest BCUT2D eigenvalue weighted by atomic mass is 16.7. The highest BCUT2D eigenvalue weighted by Gasteiger charge is 2.11. The predicted molar refractivity (Wildman–Crippen MR) is 48.1 cm³/mol. The first-order valence-corrected chi connectivity index (χ1v) is 4.05. The van der Waals surface area contributed by atoms with Gasteiger partial charge in [-0.05, 0) is 18.6 Å². The van der Waals surface area contributed by atoms with E-state index in [2.05, 4.69) is 23.7 Å². The maximum Gasteiger partial charge on any atom is 0.103 e. The standard InChI is InChI=1S/C10H11NO/c1-8-7-10(11-12-8)9-5-3-2-4-6-9/h2-8,11H,1H3.